The number of hydrogen-bond acceptors (Lipinski definition) is 1. The Morgan fingerprint density at radius 3 is 2.35 bits per heavy atom. The van der Waals surface area contributed by atoms with Crippen molar-refractivity contribution in [1.82, 2.24) is 9.88 Å². The maximum atomic E-state index is 6.47. The van der Waals surface area contributed by atoms with E-state index in [1.807, 2.05) is 12.1 Å². The van der Waals surface area contributed by atoms with Crippen molar-refractivity contribution in [3.05, 3.63) is 70.9 Å². The quantitative estimate of drug-likeness (QED) is 0.451. The first-order valence-corrected chi connectivity index (χ1v) is 12.3. The molecule has 4 fully saturated rings. The summed E-state index contributed by atoms with van der Waals surface area (Å²) in [6.07, 6.45) is 10.7. The zero-order valence-electron chi connectivity index (χ0n) is 18.8. The maximum Gasteiger partial charge on any atom is 0.0491 e. The van der Waals surface area contributed by atoms with Crippen LogP contribution in [0.25, 0.3) is 10.9 Å². The van der Waals surface area contributed by atoms with Gasteiger partial charge in [-0.25, -0.2) is 0 Å². The van der Waals surface area contributed by atoms with E-state index in [0.29, 0.717) is 16.4 Å². The van der Waals surface area contributed by atoms with Gasteiger partial charge in [-0.3, -0.25) is 0 Å². The molecule has 7 rings (SSSR count). The lowest BCUT2D eigenvalue weighted by Crippen LogP contribution is -2.63. The van der Waals surface area contributed by atoms with E-state index in [4.69, 9.17) is 11.6 Å². The number of nitrogens with one attached hydrogen (secondary N) is 1. The summed E-state index contributed by atoms with van der Waals surface area (Å²) in [7, 11) is 0. The van der Waals surface area contributed by atoms with Crippen molar-refractivity contribution in [2.24, 2.45) is 16.7 Å². The lowest BCUT2D eigenvalue weighted by Gasteiger charge is -2.65. The fourth-order valence-corrected chi connectivity index (χ4v) is 8.53. The number of rotatable bonds is 5. The summed E-state index contributed by atoms with van der Waals surface area (Å²) >= 11 is 6.47. The SMILES string of the molecule is CC12CC3CC(C)(C1)CC(NCc1cn(Cc4ccccc4Cl)c4ccccc14)(C3)C2. The van der Waals surface area contributed by atoms with Crippen LogP contribution in [0.5, 0.6) is 0 Å². The standard InChI is InChI=1S/C28H33ClN2/c1-26-11-20-12-27(2,17-26)19-28(13-20,18-26)30-14-22-16-31(25-10-6-4-8-23(22)25)15-21-7-3-5-9-24(21)29/h3-10,16,20,30H,11-15,17-19H2,1-2H3. The topological polar surface area (TPSA) is 17.0 Å². The van der Waals surface area contributed by atoms with Crippen molar-refractivity contribution < 1.29 is 0 Å². The van der Waals surface area contributed by atoms with E-state index < -0.39 is 0 Å². The Labute approximate surface area is 191 Å². The molecular weight excluding hydrogens is 400 g/mol. The Bertz CT molecular complexity index is 1130. The molecule has 1 aromatic heterocycles. The van der Waals surface area contributed by atoms with Crippen molar-refractivity contribution in [2.45, 2.75) is 71.0 Å². The summed E-state index contributed by atoms with van der Waals surface area (Å²) in [6.45, 7) is 6.88. The third-order valence-corrected chi connectivity index (χ3v) is 8.82. The van der Waals surface area contributed by atoms with Crippen LogP contribution in [0.1, 0.15) is 63.5 Å². The molecule has 2 nitrogen and oxygen atoms in total. The largest absolute Gasteiger partial charge is 0.343 e. The van der Waals surface area contributed by atoms with Gasteiger partial charge in [0.15, 0.2) is 0 Å². The van der Waals surface area contributed by atoms with Gasteiger partial charge in [0.05, 0.1) is 0 Å². The molecule has 0 aliphatic heterocycles. The Hall–Kier alpha value is -1.77. The Morgan fingerprint density at radius 1 is 0.903 bits per heavy atom. The first-order chi connectivity index (χ1) is 14.8. The first-order valence-electron chi connectivity index (χ1n) is 11.9. The molecule has 3 heteroatoms. The highest BCUT2D eigenvalue weighted by Crippen LogP contribution is 2.66. The lowest BCUT2D eigenvalue weighted by atomic mass is 9.43. The predicted molar refractivity (Wildman–Crippen MR) is 129 cm³/mol. The summed E-state index contributed by atoms with van der Waals surface area (Å²) in [5.41, 5.74) is 5.29. The van der Waals surface area contributed by atoms with Gasteiger partial charge >= 0.3 is 0 Å². The van der Waals surface area contributed by atoms with Crippen LogP contribution in [-0.2, 0) is 13.1 Å². The Balaban J connectivity index is 1.29. The minimum Gasteiger partial charge on any atom is -0.343 e. The molecule has 31 heavy (non-hydrogen) atoms. The number of benzene rings is 2. The van der Waals surface area contributed by atoms with Crippen LogP contribution in [0.4, 0.5) is 0 Å². The molecule has 0 radical (unpaired) electrons. The molecule has 2 aromatic carbocycles. The van der Waals surface area contributed by atoms with Gasteiger partial charge in [0, 0.05) is 40.8 Å². The summed E-state index contributed by atoms with van der Waals surface area (Å²) in [6, 6.07) is 17.0. The van der Waals surface area contributed by atoms with E-state index in [-0.39, 0.29) is 0 Å². The fourth-order valence-electron chi connectivity index (χ4n) is 8.33. The molecular formula is C28H33ClN2. The molecule has 162 valence electrons. The molecule has 4 bridgehead atoms. The van der Waals surface area contributed by atoms with E-state index in [1.54, 1.807) is 0 Å². The predicted octanol–water partition coefficient (Wildman–Crippen LogP) is 7.18. The van der Waals surface area contributed by atoms with Gasteiger partial charge in [-0.1, -0.05) is 61.8 Å². The average molecular weight is 433 g/mol. The van der Waals surface area contributed by atoms with Crippen LogP contribution in [0.2, 0.25) is 5.02 Å². The van der Waals surface area contributed by atoms with Gasteiger partial charge in [0.1, 0.15) is 0 Å². The molecule has 0 amide bonds. The van der Waals surface area contributed by atoms with E-state index in [1.165, 1.54) is 60.6 Å². The van der Waals surface area contributed by atoms with Crippen LogP contribution >= 0.6 is 11.6 Å². The molecule has 3 aromatic rings. The molecule has 0 saturated heterocycles. The van der Waals surface area contributed by atoms with Crippen molar-refractivity contribution >= 4 is 22.5 Å². The second kappa shape index (κ2) is 6.86. The fraction of sp³-hybridized carbons (Fsp3) is 0.500. The van der Waals surface area contributed by atoms with Crippen molar-refractivity contribution in [2.75, 3.05) is 0 Å². The highest BCUT2D eigenvalue weighted by atomic mass is 35.5. The van der Waals surface area contributed by atoms with E-state index in [0.717, 1.165) is 24.0 Å². The summed E-state index contributed by atoms with van der Waals surface area (Å²) in [5.74, 6) is 0.917. The zero-order valence-corrected chi connectivity index (χ0v) is 19.5. The smallest absolute Gasteiger partial charge is 0.0491 e. The summed E-state index contributed by atoms with van der Waals surface area (Å²) < 4.78 is 2.37. The molecule has 1 heterocycles. The van der Waals surface area contributed by atoms with Gasteiger partial charge in [0.25, 0.3) is 0 Å². The zero-order chi connectivity index (χ0) is 21.3. The van der Waals surface area contributed by atoms with Gasteiger partial charge in [-0.15, -0.1) is 0 Å². The molecule has 2 atom stereocenters. The highest BCUT2D eigenvalue weighted by Gasteiger charge is 2.59. The minimum absolute atomic E-state index is 0.328. The number of nitrogens with zero attached hydrogens (tertiary/aromatic N) is 1. The van der Waals surface area contributed by atoms with Crippen LogP contribution < -0.4 is 5.32 Å². The van der Waals surface area contributed by atoms with Gasteiger partial charge in [-0.05, 0) is 78.5 Å². The Morgan fingerprint density at radius 2 is 1.61 bits per heavy atom. The van der Waals surface area contributed by atoms with Gasteiger partial charge in [-0.2, -0.15) is 0 Å². The second-order valence-corrected chi connectivity index (χ2v) is 12.1. The number of hydrogen-bond donors (Lipinski definition) is 1. The number of aromatic nitrogens is 1. The van der Waals surface area contributed by atoms with E-state index in [9.17, 15) is 0 Å². The normalized spacial score (nSPS) is 34.0. The van der Waals surface area contributed by atoms with E-state index >= 15 is 0 Å². The highest BCUT2D eigenvalue weighted by molar-refractivity contribution is 6.31. The third-order valence-electron chi connectivity index (χ3n) is 8.45. The molecule has 4 aliphatic rings. The lowest BCUT2D eigenvalue weighted by molar-refractivity contribution is -0.118. The van der Waals surface area contributed by atoms with Crippen LogP contribution in [0.15, 0.2) is 54.7 Å². The molecule has 2 unspecified atom stereocenters. The average Bonchev–Trinajstić information content (AvgIpc) is 3.03. The first kappa shape index (κ1) is 19.9. The van der Waals surface area contributed by atoms with Crippen molar-refractivity contribution in [3.8, 4) is 0 Å². The van der Waals surface area contributed by atoms with Crippen LogP contribution in [0, 0.1) is 16.7 Å². The Kier molecular flexibility index (Phi) is 4.40. The minimum atomic E-state index is 0.328. The summed E-state index contributed by atoms with van der Waals surface area (Å²) in [4.78, 5) is 0. The number of para-hydroxylation sites is 1. The van der Waals surface area contributed by atoms with Crippen molar-refractivity contribution in [3.63, 3.8) is 0 Å². The number of fused-ring (bicyclic) bond motifs is 1. The number of halogens is 1. The third kappa shape index (κ3) is 3.43. The second-order valence-electron chi connectivity index (χ2n) is 11.7. The monoisotopic (exact) mass is 432 g/mol. The van der Waals surface area contributed by atoms with Gasteiger partial charge < -0.3 is 9.88 Å². The van der Waals surface area contributed by atoms with E-state index in [2.05, 4.69) is 66.3 Å². The molecule has 0 spiro atoms. The molecule has 4 aliphatic carbocycles. The summed E-state index contributed by atoms with van der Waals surface area (Å²) in [5, 5.41) is 6.34. The van der Waals surface area contributed by atoms with Crippen molar-refractivity contribution in [1.29, 1.82) is 0 Å². The maximum absolute atomic E-state index is 6.47. The van der Waals surface area contributed by atoms with Gasteiger partial charge in [0.2, 0.25) is 0 Å². The van der Waals surface area contributed by atoms with Crippen LogP contribution in [0.3, 0.4) is 0 Å². The molecule has 1 N–H and O–H groups in total. The molecule has 4 saturated carbocycles. The van der Waals surface area contributed by atoms with Crippen LogP contribution in [-0.4, -0.2) is 10.1 Å².